The second kappa shape index (κ2) is 5.21. The van der Waals surface area contributed by atoms with E-state index in [1.165, 1.54) is 5.56 Å². The topological polar surface area (TPSA) is 44.5 Å². The molecule has 2 N–H and O–H groups in total. The van der Waals surface area contributed by atoms with Crippen molar-refractivity contribution in [2.75, 3.05) is 13.7 Å². The molecule has 2 rings (SSSR count). The summed E-state index contributed by atoms with van der Waals surface area (Å²) >= 11 is 0. The van der Waals surface area contributed by atoms with Gasteiger partial charge in [-0.2, -0.15) is 0 Å². The lowest BCUT2D eigenvalue weighted by Gasteiger charge is -2.11. The normalized spacial score (nSPS) is 14.9. The van der Waals surface area contributed by atoms with Crippen molar-refractivity contribution in [2.24, 2.45) is 5.73 Å². The highest BCUT2D eigenvalue weighted by molar-refractivity contribution is 5.43. The Labute approximate surface area is 96.5 Å². The van der Waals surface area contributed by atoms with Crippen LogP contribution < -0.4 is 15.2 Å². The van der Waals surface area contributed by atoms with Crippen molar-refractivity contribution in [1.82, 2.24) is 0 Å². The molecule has 1 aromatic rings. The third-order valence-corrected chi connectivity index (χ3v) is 2.72. The molecular weight excluding hydrogens is 202 g/mol. The molecule has 0 saturated heterocycles. The molecule has 0 aromatic heterocycles. The van der Waals surface area contributed by atoms with Crippen molar-refractivity contribution in [3.63, 3.8) is 0 Å². The summed E-state index contributed by atoms with van der Waals surface area (Å²) < 4.78 is 11.1. The standard InChI is InChI=1S/C13H19NO2/c1-15-13-9-10(3-2-8-14)4-7-12(13)16-11-5-6-11/h4,7,9,11H,2-3,5-6,8,14H2,1H3. The summed E-state index contributed by atoms with van der Waals surface area (Å²) in [6, 6.07) is 6.15. The molecule has 88 valence electrons. The van der Waals surface area contributed by atoms with Crippen LogP contribution in [0.5, 0.6) is 11.5 Å². The fourth-order valence-corrected chi connectivity index (χ4v) is 1.64. The molecule has 1 fully saturated rings. The van der Waals surface area contributed by atoms with Crippen molar-refractivity contribution in [3.8, 4) is 11.5 Å². The van der Waals surface area contributed by atoms with Gasteiger partial charge < -0.3 is 15.2 Å². The lowest BCUT2D eigenvalue weighted by Crippen LogP contribution is -2.02. The van der Waals surface area contributed by atoms with Crippen LogP contribution in [0.15, 0.2) is 18.2 Å². The highest BCUT2D eigenvalue weighted by Gasteiger charge is 2.24. The fraction of sp³-hybridized carbons (Fsp3) is 0.538. The van der Waals surface area contributed by atoms with Gasteiger partial charge in [-0.15, -0.1) is 0 Å². The number of methoxy groups -OCH3 is 1. The van der Waals surface area contributed by atoms with Gasteiger partial charge in [0.15, 0.2) is 11.5 Å². The lowest BCUT2D eigenvalue weighted by molar-refractivity contribution is 0.282. The molecule has 0 atom stereocenters. The smallest absolute Gasteiger partial charge is 0.161 e. The summed E-state index contributed by atoms with van der Waals surface area (Å²) in [5.41, 5.74) is 6.75. The summed E-state index contributed by atoms with van der Waals surface area (Å²) in [6.07, 6.45) is 4.74. The maximum absolute atomic E-state index is 5.76. The minimum atomic E-state index is 0.406. The highest BCUT2D eigenvalue weighted by Crippen LogP contribution is 2.34. The molecule has 3 heteroatoms. The second-order valence-electron chi connectivity index (χ2n) is 4.19. The zero-order valence-electron chi connectivity index (χ0n) is 9.74. The summed E-state index contributed by atoms with van der Waals surface area (Å²) in [5, 5.41) is 0. The van der Waals surface area contributed by atoms with Gasteiger partial charge in [0, 0.05) is 0 Å². The maximum Gasteiger partial charge on any atom is 0.161 e. The molecular formula is C13H19NO2. The minimum Gasteiger partial charge on any atom is -0.493 e. The largest absolute Gasteiger partial charge is 0.493 e. The summed E-state index contributed by atoms with van der Waals surface area (Å²) in [5.74, 6) is 1.70. The van der Waals surface area contributed by atoms with E-state index in [0.29, 0.717) is 6.10 Å². The zero-order valence-corrected chi connectivity index (χ0v) is 9.74. The number of nitrogens with two attached hydrogens (primary N) is 1. The molecule has 1 aliphatic carbocycles. The molecule has 3 nitrogen and oxygen atoms in total. The van der Waals surface area contributed by atoms with Crippen LogP contribution in [-0.4, -0.2) is 19.8 Å². The van der Waals surface area contributed by atoms with Crippen LogP contribution in [-0.2, 0) is 6.42 Å². The summed E-state index contributed by atoms with van der Waals surface area (Å²) in [4.78, 5) is 0. The molecule has 0 amide bonds. The molecule has 1 saturated carbocycles. The Morgan fingerprint density at radius 3 is 2.75 bits per heavy atom. The van der Waals surface area contributed by atoms with Crippen LogP contribution >= 0.6 is 0 Å². The Balaban J connectivity index is 2.06. The molecule has 1 aliphatic rings. The molecule has 0 radical (unpaired) electrons. The first-order valence-electron chi connectivity index (χ1n) is 5.87. The molecule has 0 heterocycles. The molecule has 0 spiro atoms. The van der Waals surface area contributed by atoms with E-state index in [1.807, 2.05) is 12.1 Å². The molecule has 0 unspecified atom stereocenters. The second-order valence-corrected chi connectivity index (χ2v) is 4.19. The van der Waals surface area contributed by atoms with Gasteiger partial charge in [-0.25, -0.2) is 0 Å². The SMILES string of the molecule is COc1cc(CCCN)ccc1OC1CC1. The fourth-order valence-electron chi connectivity index (χ4n) is 1.64. The highest BCUT2D eigenvalue weighted by atomic mass is 16.5. The van der Waals surface area contributed by atoms with Gasteiger partial charge in [-0.3, -0.25) is 0 Å². The minimum absolute atomic E-state index is 0.406. The monoisotopic (exact) mass is 221 g/mol. The van der Waals surface area contributed by atoms with Crippen LogP contribution in [0.25, 0.3) is 0 Å². The van der Waals surface area contributed by atoms with E-state index in [4.69, 9.17) is 15.2 Å². The van der Waals surface area contributed by atoms with Crippen LogP contribution in [0, 0.1) is 0 Å². The maximum atomic E-state index is 5.76. The van der Waals surface area contributed by atoms with Crippen LogP contribution in [0.2, 0.25) is 0 Å². The number of ether oxygens (including phenoxy) is 2. The van der Waals surface area contributed by atoms with Gasteiger partial charge >= 0.3 is 0 Å². The number of hydrogen-bond acceptors (Lipinski definition) is 3. The Bertz CT molecular complexity index is 348. The van der Waals surface area contributed by atoms with Gasteiger partial charge in [0.25, 0.3) is 0 Å². The predicted octanol–water partition coefficient (Wildman–Crippen LogP) is 2.13. The van der Waals surface area contributed by atoms with Crippen LogP contribution in [0.1, 0.15) is 24.8 Å². The first-order valence-corrected chi connectivity index (χ1v) is 5.87. The van der Waals surface area contributed by atoms with Crippen molar-refractivity contribution in [1.29, 1.82) is 0 Å². The number of aryl methyl sites for hydroxylation is 1. The van der Waals surface area contributed by atoms with E-state index >= 15 is 0 Å². The van der Waals surface area contributed by atoms with Crippen molar-refractivity contribution < 1.29 is 9.47 Å². The molecule has 0 aliphatic heterocycles. The first-order chi connectivity index (χ1) is 7.83. The van der Waals surface area contributed by atoms with Crippen molar-refractivity contribution in [3.05, 3.63) is 23.8 Å². The molecule has 16 heavy (non-hydrogen) atoms. The van der Waals surface area contributed by atoms with Gasteiger partial charge in [0.1, 0.15) is 0 Å². The van der Waals surface area contributed by atoms with E-state index in [0.717, 1.165) is 43.7 Å². The Morgan fingerprint density at radius 1 is 1.31 bits per heavy atom. The Kier molecular flexibility index (Phi) is 3.67. The number of benzene rings is 1. The molecule has 0 bridgehead atoms. The summed E-state index contributed by atoms with van der Waals surface area (Å²) in [6.45, 7) is 0.725. The van der Waals surface area contributed by atoms with Gasteiger partial charge in [0.05, 0.1) is 13.2 Å². The van der Waals surface area contributed by atoms with Crippen molar-refractivity contribution in [2.45, 2.75) is 31.8 Å². The van der Waals surface area contributed by atoms with Gasteiger partial charge in [-0.1, -0.05) is 6.07 Å². The third kappa shape index (κ3) is 2.89. The average molecular weight is 221 g/mol. The number of rotatable bonds is 6. The van der Waals surface area contributed by atoms with Gasteiger partial charge in [-0.05, 0) is 49.9 Å². The zero-order chi connectivity index (χ0) is 11.4. The number of hydrogen-bond donors (Lipinski definition) is 1. The van der Waals surface area contributed by atoms with Crippen LogP contribution in [0.4, 0.5) is 0 Å². The van der Waals surface area contributed by atoms with E-state index in [-0.39, 0.29) is 0 Å². The summed E-state index contributed by atoms with van der Waals surface area (Å²) in [7, 11) is 1.68. The van der Waals surface area contributed by atoms with E-state index in [9.17, 15) is 0 Å². The first kappa shape index (κ1) is 11.3. The van der Waals surface area contributed by atoms with E-state index in [1.54, 1.807) is 7.11 Å². The van der Waals surface area contributed by atoms with Crippen molar-refractivity contribution >= 4 is 0 Å². The van der Waals surface area contributed by atoms with Gasteiger partial charge in [0.2, 0.25) is 0 Å². The Morgan fingerprint density at radius 2 is 2.12 bits per heavy atom. The lowest BCUT2D eigenvalue weighted by atomic mass is 10.1. The molecule has 1 aromatic carbocycles. The quantitative estimate of drug-likeness (QED) is 0.800. The van der Waals surface area contributed by atoms with E-state index < -0.39 is 0 Å². The average Bonchev–Trinajstić information content (AvgIpc) is 3.11. The predicted molar refractivity (Wildman–Crippen MR) is 64.0 cm³/mol. The van der Waals surface area contributed by atoms with Crippen LogP contribution in [0.3, 0.4) is 0 Å². The van der Waals surface area contributed by atoms with E-state index in [2.05, 4.69) is 6.07 Å². The third-order valence-electron chi connectivity index (χ3n) is 2.72. The Hall–Kier alpha value is -1.22.